The molecule has 1 radical (unpaired) electrons. The summed E-state index contributed by atoms with van der Waals surface area (Å²) >= 11 is 0. The van der Waals surface area contributed by atoms with E-state index >= 15 is 0 Å². The minimum absolute atomic E-state index is 0. The van der Waals surface area contributed by atoms with E-state index < -0.39 is 0 Å². The normalized spacial score (nSPS) is 6.67. The SMILES string of the molecule is [Re].c1cc[nH]c1. The molecule has 0 aliphatic heterocycles. The van der Waals surface area contributed by atoms with Gasteiger partial charge in [-0.15, -0.1) is 0 Å². The van der Waals surface area contributed by atoms with Crippen molar-refractivity contribution in [2.24, 2.45) is 0 Å². The summed E-state index contributed by atoms with van der Waals surface area (Å²) in [7, 11) is 0. The van der Waals surface area contributed by atoms with Crippen LogP contribution in [0.15, 0.2) is 24.5 Å². The number of hydrogen-bond donors (Lipinski definition) is 1. The van der Waals surface area contributed by atoms with Crippen LogP contribution in [-0.4, -0.2) is 4.98 Å². The monoisotopic (exact) mass is 254 g/mol. The fraction of sp³-hybridized carbons (Fsp3) is 0. The van der Waals surface area contributed by atoms with Crippen molar-refractivity contribution in [3.8, 4) is 0 Å². The van der Waals surface area contributed by atoms with Crippen molar-refractivity contribution in [1.82, 2.24) is 4.98 Å². The van der Waals surface area contributed by atoms with Crippen LogP contribution in [0, 0.1) is 0 Å². The van der Waals surface area contributed by atoms with E-state index in [-0.39, 0.29) is 20.4 Å². The van der Waals surface area contributed by atoms with Gasteiger partial charge in [0.2, 0.25) is 0 Å². The molecule has 0 spiro atoms. The second kappa shape index (κ2) is 3.14. The second-order valence-corrected chi connectivity index (χ2v) is 0.885. The molecule has 0 bridgehead atoms. The van der Waals surface area contributed by atoms with E-state index in [9.17, 15) is 0 Å². The first-order chi connectivity index (χ1) is 2.50. The fourth-order valence-electron chi connectivity index (χ4n) is 0.278. The molecule has 0 fully saturated rings. The van der Waals surface area contributed by atoms with E-state index in [2.05, 4.69) is 4.98 Å². The Morgan fingerprint density at radius 1 is 1.00 bits per heavy atom. The van der Waals surface area contributed by atoms with Gasteiger partial charge >= 0.3 is 0 Å². The van der Waals surface area contributed by atoms with Crippen LogP contribution in [0.4, 0.5) is 0 Å². The summed E-state index contributed by atoms with van der Waals surface area (Å²) in [4.78, 5) is 2.86. The number of hydrogen-bond acceptors (Lipinski definition) is 0. The molecular weight excluding hydrogens is 248 g/mol. The van der Waals surface area contributed by atoms with Crippen molar-refractivity contribution >= 4 is 0 Å². The molecule has 33 valence electrons. The standard InChI is InChI=1S/C4H5N.Re/c1-2-4-5-3-1;/h1-5H;. The maximum atomic E-state index is 2.86. The Bertz CT molecular complexity index is 64.0. The summed E-state index contributed by atoms with van der Waals surface area (Å²) in [5, 5.41) is 0. The van der Waals surface area contributed by atoms with Gasteiger partial charge in [-0.25, -0.2) is 0 Å². The summed E-state index contributed by atoms with van der Waals surface area (Å²) in [6.45, 7) is 0. The van der Waals surface area contributed by atoms with Gasteiger partial charge in [-0.05, 0) is 12.1 Å². The van der Waals surface area contributed by atoms with Crippen LogP contribution in [0.1, 0.15) is 0 Å². The van der Waals surface area contributed by atoms with E-state index in [4.69, 9.17) is 0 Å². The average Bonchev–Trinajstić information content (AvgIpc) is 1.76. The molecule has 0 saturated carbocycles. The summed E-state index contributed by atoms with van der Waals surface area (Å²) in [5.41, 5.74) is 0. The molecule has 1 aromatic heterocycles. The Kier molecular flexibility index (Phi) is 3.11. The minimum atomic E-state index is 0. The van der Waals surface area contributed by atoms with Gasteiger partial charge in [0.05, 0.1) is 0 Å². The Morgan fingerprint density at radius 3 is 1.67 bits per heavy atom. The van der Waals surface area contributed by atoms with Crippen LogP contribution in [0.5, 0.6) is 0 Å². The second-order valence-electron chi connectivity index (χ2n) is 0.885. The summed E-state index contributed by atoms with van der Waals surface area (Å²) in [5.74, 6) is 0. The molecule has 0 atom stereocenters. The first-order valence-corrected chi connectivity index (χ1v) is 1.58. The molecule has 1 rings (SSSR count). The van der Waals surface area contributed by atoms with Crippen LogP contribution in [0.2, 0.25) is 0 Å². The van der Waals surface area contributed by atoms with Crippen molar-refractivity contribution in [2.45, 2.75) is 0 Å². The molecule has 1 heterocycles. The third kappa shape index (κ3) is 1.40. The van der Waals surface area contributed by atoms with Gasteiger partial charge in [-0.1, -0.05) is 0 Å². The molecule has 0 saturated heterocycles. The quantitative estimate of drug-likeness (QED) is 0.710. The van der Waals surface area contributed by atoms with E-state index in [1.807, 2.05) is 24.5 Å². The molecular formula is C4H5NRe. The predicted octanol–water partition coefficient (Wildman–Crippen LogP) is 1.01. The molecule has 6 heavy (non-hydrogen) atoms. The van der Waals surface area contributed by atoms with Crippen LogP contribution in [0.3, 0.4) is 0 Å². The van der Waals surface area contributed by atoms with Crippen LogP contribution < -0.4 is 0 Å². The van der Waals surface area contributed by atoms with E-state index in [0.717, 1.165) is 0 Å². The molecule has 0 aromatic carbocycles. The first kappa shape index (κ1) is 5.94. The van der Waals surface area contributed by atoms with Gasteiger partial charge in [-0.2, -0.15) is 0 Å². The minimum Gasteiger partial charge on any atom is -0.368 e. The number of aromatic amines is 1. The summed E-state index contributed by atoms with van der Waals surface area (Å²) < 4.78 is 0. The zero-order valence-electron chi connectivity index (χ0n) is 3.19. The third-order valence-corrected chi connectivity index (χ3v) is 0.496. The maximum Gasteiger partial charge on any atom is 0.000496 e. The van der Waals surface area contributed by atoms with Gasteiger partial charge in [0, 0.05) is 32.8 Å². The van der Waals surface area contributed by atoms with Gasteiger partial charge in [0.15, 0.2) is 0 Å². The Balaban J connectivity index is 0.000000250. The number of nitrogens with one attached hydrogen (secondary N) is 1. The van der Waals surface area contributed by atoms with Crippen molar-refractivity contribution < 1.29 is 20.4 Å². The van der Waals surface area contributed by atoms with Crippen LogP contribution in [0.25, 0.3) is 0 Å². The number of rotatable bonds is 0. The molecule has 0 aliphatic rings. The van der Waals surface area contributed by atoms with Crippen molar-refractivity contribution in [3.63, 3.8) is 0 Å². The van der Waals surface area contributed by atoms with Crippen molar-refractivity contribution in [3.05, 3.63) is 24.5 Å². The van der Waals surface area contributed by atoms with E-state index in [0.29, 0.717) is 0 Å². The molecule has 2 heteroatoms. The molecule has 0 amide bonds. The van der Waals surface area contributed by atoms with E-state index in [1.54, 1.807) is 0 Å². The Morgan fingerprint density at radius 2 is 1.50 bits per heavy atom. The van der Waals surface area contributed by atoms with Gasteiger partial charge in [0.1, 0.15) is 0 Å². The van der Waals surface area contributed by atoms with Crippen molar-refractivity contribution in [1.29, 1.82) is 0 Å². The summed E-state index contributed by atoms with van der Waals surface area (Å²) in [6.07, 6.45) is 3.75. The first-order valence-electron chi connectivity index (χ1n) is 1.58. The number of H-pyrrole nitrogens is 1. The molecule has 1 nitrogen and oxygen atoms in total. The van der Waals surface area contributed by atoms with Gasteiger partial charge in [-0.3, -0.25) is 0 Å². The molecule has 0 aliphatic carbocycles. The van der Waals surface area contributed by atoms with Crippen molar-refractivity contribution in [2.75, 3.05) is 0 Å². The zero-order valence-corrected chi connectivity index (χ0v) is 5.90. The zero-order chi connectivity index (χ0) is 3.54. The van der Waals surface area contributed by atoms with Crippen LogP contribution >= 0.6 is 0 Å². The van der Waals surface area contributed by atoms with E-state index in [1.165, 1.54) is 0 Å². The summed E-state index contributed by atoms with van der Waals surface area (Å²) in [6, 6.07) is 3.89. The van der Waals surface area contributed by atoms with Crippen LogP contribution in [-0.2, 0) is 20.4 Å². The Hall–Kier alpha value is -0.0577. The number of aromatic nitrogens is 1. The molecule has 0 unspecified atom stereocenters. The average molecular weight is 253 g/mol. The topological polar surface area (TPSA) is 15.8 Å². The molecule has 1 N–H and O–H groups in total. The Labute approximate surface area is 50.4 Å². The maximum absolute atomic E-state index is 2.86. The predicted molar refractivity (Wildman–Crippen MR) is 20.8 cm³/mol. The van der Waals surface area contributed by atoms with Gasteiger partial charge < -0.3 is 4.98 Å². The third-order valence-electron chi connectivity index (χ3n) is 0.496. The van der Waals surface area contributed by atoms with Gasteiger partial charge in [0.25, 0.3) is 0 Å². The fourth-order valence-corrected chi connectivity index (χ4v) is 0.278. The molecule has 1 aromatic rings. The largest absolute Gasteiger partial charge is 0.368 e. The smallest absolute Gasteiger partial charge is 0.000496 e.